The van der Waals surface area contributed by atoms with Crippen LogP contribution in [0.15, 0.2) is 24.3 Å². The molecule has 0 aliphatic heterocycles. The first-order valence-corrected chi connectivity index (χ1v) is 6.89. The van der Waals surface area contributed by atoms with Crippen LogP contribution in [0.3, 0.4) is 0 Å². The van der Waals surface area contributed by atoms with Crippen molar-refractivity contribution in [2.75, 3.05) is 26.8 Å². The lowest BCUT2D eigenvalue weighted by Crippen LogP contribution is -2.40. The number of likely N-dealkylation sites (N-methyl/N-ethyl adjacent to an activating group) is 1. The van der Waals surface area contributed by atoms with Crippen molar-refractivity contribution < 1.29 is 9.13 Å². The van der Waals surface area contributed by atoms with E-state index in [2.05, 4.69) is 4.90 Å². The molecule has 1 aromatic rings. The van der Waals surface area contributed by atoms with Gasteiger partial charge in [-0.3, -0.25) is 4.90 Å². The molecule has 3 nitrogen and oxygen atoms in total. The highest BCUT2D eigenvalue weighted by atomic mass is 19.1. The number of benzene rings is 1. The lowest BCUT2D eigenvalue weighted by Gasteiger charge is -2.32. The summed E-state index contributed by atoms with van der Waals surface area (Å²) in [6, 6.07) is 6.64. The van der Waals surface area contributed by atoms with E-state index in [0.29, 0.717) is 18.8 Å². The fourth-order valence-electron chi connectivity index (χ4n) is 2.23. The molecule has 0 radical (unpaired) electrons. The summed E-state index contributed by atoms with van der Waals surface area (Å²) in [5, 5.41) is 0. The maximum Gasteiger partial charge on any atom is 0.128 e. The van der Waals surface area contributed by atoms with Gasteiger partial charge in [-0.1, -0.05) is 25.1 Å². The Morgan fingerprint density at radius 1 is 1.32 bits per heavy atom. The van der Waals surface area contributed by atoms with Gasteiger partial charge in [0.05, 0.1) is 12.6 Å². The van der Waals surface area contributed by atoms with Gasteiger partial charge in [-0.25, -0.2) is 4.39 Å². The number of hydrogen-bond donors (Lipinski definition) is 1. The van der Waals surface area contributed by atoms with Crippen LogP contribution >= 0.6 is 0 Å². The molecule has 0 amide bonds. The maximum absolute atomic E-state index is 14.0. The molecule has 4 heteroatoms. The van der Waals surface area contributed by atoms with E-state index >= 15 is 0 Å². The van der Waals surface area contributed by atoms with E-state index in [0.717, 1.165) is 13.0 Å². The number of nitrogens with zero attached hydrogens (tertiary/aromatic N) is 1. The molecule has 2 N–H and O–H groups in total. The topological polar surface area (TPSA) is 38.5 Å². The third-order valence-corrected chi connectivity index (χ3v) is 3.37. The quantitative estimate of drug-likeness (QED) is 0.736. The molecule has 0 saturated carbocycles. The molecule has 19 heavy (non-hydrogen) atoms. The molecule has 0 saturated heterocycles. The molecular formula is C15H25FN2O. The van der Waals surface area contributed by atoms with E-state index in [-0.39, 0.29) is 17.9 Å². The smallest absolute Gasteiger partial charge is 0.128 e. The van der Waals surface area contributed by atoms with Crippen LogP contribution in [0.25, 0.3) is 0 Å². The Morgan fingerprint density at radius 2 is 2.00 bits per heavy atom. The van der Waals surface area contributed by atoms with Gasteiger partial charge in [0.15, 0.2) is 0 Å². The highest BCUT2D eigenvalue weighted by molar-refractivity contribution is 5.22. The third kappa shape index (κ3) is 4.56. The first-order chi connectivity index (χ1) is 9.11. The van der Waals surface area contributed by atoms with E-state index in [1.165, 1.54) is 6.07 Å². The number of halogens is 1. The van der Waals surface area contributed by atoms with Gasteiger partial charge in [0, 0.05) is 24.8 Å². The fraction of sp³-hybridized carbons (Fsp3) is 0.600. The summed E-state index contributed by atoms with van der Waals surface area (Å²) in [7, 11) is 1.96. The Kier molecular flexibility index (Phi) is 6.99. The summed E-state index contributed by atoms with van der Waals surface area (Å²) >= 11 is 0. The Hall–Kier alpha value is -0.970. The zero-order valence-corrected chi connectivity index (χ0v) is 12.1. The minimum absolute atomic E-state index is 0.0940. The Bertz CT molecular complexity index is 373. The minimum atomic E-state index is -0.195. The highest BCUT2D eigenvalue weighted by Gasteiger charge is 2.25. The second-order valence-corrected chi connectivity index (χ2v) is 4.72. The van der Waals surface area contributed by atoms with Crippen LogP contribution in [0.1, 0.15) is 31.9 Å². The molecule has 0 fully saturated rings. The second-order valence-electron chi connectivity index (χ2n) is 4.72. The summed E-state index contributed by atoms with van der Waals surface area (Å²) < 4.78 is 19.3. The molecule has 0 heterocycles. The van der Waals surface area contributed by atoms with Crippen molar-refractivity contribution in [2.24, 2.45) is 5.73 Å². The number of hydrogen-bond acceptors (Lipinski definition) is 3. The molecule has 0 spiro atoms. The van der Waals surface area contributed by atoms with Gasteiger partial charge in [0.25, 0.3) is 0 Å². The summed E-state index contributed by atoms with van der Waals surface area (Å²) in [5.74, 6) is -0.195. The predicted octanol–water partition coefficient (Wildman–Crippen LogP) is 2.57. The predicted molar refractivity (Wildman–Crippen MR) is 76.5 cm³/mol. The van der Waals surface area contributed by atoms with Gasteiger partial charge in [-0.2, -0.15) is 0 Å². The van der Waals surface area contributed by atoms with E-state index in [4.69, 9.17) is 10.5 Å². The van der Waals surface area contributed by atoms with Crippen molar-refractivity contribution in [1.29, 1.82) is 0 Å². The van der Waals surface area contributed by atoms with Crippen molar-refractivity contribution in [3.05, 3.63) is 35.6 Å². The van der Waals surface area contributed by atoms with Crippen molar-refractivity contribution in [3.8, 4) is 0 Å². The van der Waals surface area contributed by atoms with Gasteiger partial charge >= 0.3 is 0 Å². The number of rotatable bonds is 8. The van der Waals surface area contributed by atoms with Gasteiger partial charge in [-0.05, 0) is 26.5 Å². The molecule has 1 rings (SSSR count). The Labute approximate surface area is 115 Å². The largest absolute Gasteiger partial charge is 0.380 e. The normalized spacial score (nSPS) is 14.6. The number of ether oxygens (including phenoxy) is 1. The molecule has 0 aromatic heterocycles. The Balaban J connectivity index is 2.86. The van der Waals surface area contributed by atoms with Crippen LogP contribution in [0.5, 0.6) is 0 Å². The highest BCUT2D eigenvalue weighted by Crippen LogP contribution is 2.25. The molecule has 108 valence electrons. The first kappa shape index (κ1) is 16.1. The minimum Gasteiger partial charge on any atom is -0.380 e. The van der Waals surface area contributed by atoms with Crippen molar-refractivity contribution in [3.63, 3.8) is 0 Å². The molecule has 0 aliphatic carbocycles. The molecule has 0 bridgehead atoms. The van der Waals surface area contributed by atoms with Gasteiger partial charge < -0.3 is 10.5 Å². The average Bonchev–Trinajstić information content (AvgIpc) is 2.41. The van der Waals surface area contributed by atoms with Gasteiger partial charge in [-0.15, -0.1) is 0 Å². The number of nitrogens with two attached hydrogens (primary N) is 1. The zero-order valence-electron chi connectivity index (χ0n) is 12.1. The van der Waals surface area contributed by atoms with Gasteiger partial charge in [0.2, 0.25) is 0 Å². The van der Waals surface area contributed by atoms with Crippen LogP contribution in [-0.2, 0) is 4.74 Å². The molecule has 2 atom stereocenters. The second kappa shape index (κ2) is 8.25. The lowest BCUT2D eigenvalue weighted by atomic mass is 9.96. The van der Waals surface area contributed by atoms with Crippen molar-refractivity contribution in [2.45, 2.75) is 32.4 Å². The van der Waals surface area contributed by atoms with Crippen molar-refractivity contribution >= 4 is 0 Å². The average molecular weight is 268 g/mol. The fourth-order valence-corrected chi connectivity index (χ4v) is 2.23. The molecule has 1 aromatic carbocycles. The molecule has 0 aliphatic rings. The zero-order chi connectivity index (χ0) is 14.3. The monoisotopic (exact) mass is 268 g/mol. The lowest BCUT2D eigenvalue weighted by molar-refractivity contribution is 0.0995. The van der Waals surface area contributed by atoms with Gasteiger partial charge in [0.1, 0.15) is 5.82 Å². The van der Waals surface area contributed by atoms with Crippen LogP contribution in [0.2, 0.25) is 0 Å². The summed E-state index contributed by atoms with van der Waals surface area (Å²) in [5.41, 5.74) is 6.84. The SMILES string of the molecule is CCOCCN(C)C(c1ccccc1F)C(N)CC. The maximum atomic E-state index is 14.0. The third-order valence-electron chi connectivity index (χ3n) is 3.37. The van der Waals surface area contributed by atoms with Crippen molar-refractivity contribution in [1.82, 2.24) is 4.90 Å². The van der Waals surface area contributed by atoms with E-state index in [1.54, 1.807) is 6.07 Å². The summed E-state index contributed by atoms with van der Waals surface area (Å²) in [4.78, 5) is 2.07. The van der Waals surface area contributed by atoms with Crippen LogP contribution in [0.4, 0.5) is 4.39 Å². The van der Waals surface area contributed by atoms with Crippen LogP contribution < -0.4 is 5.73 Å². The molecule has 2 unspecified atom stereocenters. The van der Waals surface area contributed by atoms with Crippen LogP contribution in [0, 0.1) is 5.82 Å². The standard InChI is InChI=1S/C15H25FN2O/c1-4-14(17)15(18(3)10-11-19-5-2)12-8-6-7-9-13(12)16/h6-9,14-15H,4-5,10-11,17H2,1-3H3. The first-order valence-electron chi connectivity index (χ1n) is 6.89. The van der Waals surface area contributed by atoms with E-state index in [9.17, 15) is 4.39 Å². The summed E-state index contributed by atoms with van der Waals surface area (Å²) in [6.45, 7) is 6.05. The Morgan fingerprint density at radius 3 is 2.58 bits per heavy atom. The van der Waals surface area contributed by atoms with Crippen LogP contribution in [-0.4, -0.2) is 37.7 Å². The van der Waals surface area contributed by atoms with E-state index < -0.39 is 0 Å². The van der Waals surface area contributed by atoms with E-state index in [1.807, 2.05) is 33.0 Å². The summed E-state index contributed by atoms with van der Waals surface area (Å²) in [6.07, 6.45) is 0.804. The molecular weight excluding hydrogens is 243 g/mol.